The van der Waals surface area contributed by atoms with Crippen molar-refractivity contribution in [1.29, 1.82) is 0 Å². The van der Waals surface area contributed by atoms with E-state index in [0.29, 0.717) is 0 Å². The van der Waals surface area contributed by atoms with Crippen LogP contribution in [0, 0.1) is 0 Å². The standard InChI is InChI=1S/C7H15N.C2H6.CH4O/c1-3-7-5-4-6-8(7)2;2*1-2/h7H,3-6H2,1-2H3;1-2H3;2H,1H3. The molecule has 0 radical (unpaired) electrons. The predicted octanol–water partition coefficient (Wildman–Crippen LogP) is 2.13. The average molecular weight is 175 g/mol. The van der Waals surface area contributed by atoms with E-state index >= 15 is 0 Å². The first kappa shape index (κ1) is 14.4. The van der Waals surface area contributed by atoms with Crippen LogP contribution in [0.5, 0.6) is 0 Å². The molecule has 1 N–H and O–H groups in total. The molecule has 2 heteroatoms. The number of aliphatic hydroxyl groups excluding tert-OH is 1. The van der Waals surface area contributed by atoms with Crippen molar-refractivity contribution in [1.82, 2.24) is 4.90 Å². The van der Waals surface area contributed by atoms with E-state index in [-0.39, 0.29) is 0 Å². The molecule has 1 heterocycles. The van der Waals surface area contributed by atoms with Crippen molar-refractivity contribution in [2.45, 2.75) is 46.1 Å². The molecule has 0 amide bonds. The Balaban J connectivity index is 0. The Morgan fingerprint density at radius 2 is 1.83 bits per heavy atom. The predicted molar refractivity (Wildman–Crippen MR) is 55.4 cm³/mol. The minimum atomic E-state index is 0.898. The summed E-state index contributed by atoms with van der Waals surface area (Å²) >= 11 is 0. The first-order valence-electron chi connectivity index (χ1n) is 4.99. The van der Waals surface area contributed by atoms with Gasteiger partial charge >= 0.3 is 0 Å². The van der Waals surface area contributed by atoms with Crippen LogP contribution in [0.1, 0.15) is 40.0 Å². The van der Waals surface area contributed by atoms with Gasteiger partial charge in [0.15, 0.2) is 0 Å². The zero-order chi connectivity index (χ0) is 9.98. The van der Waals surface area contributed by atoms with Crippen LogP contribution in [0.2, 0.25) is 0 Å². The highest BCUT2D eigenvalue weighted by molar-refractivity contribution is 4.73. The molecule has 1 aliphatic heterocycles. The van der Waals surface area contributed by atoms with Gasteiger partial charge in [-0.2, -0.15) is 0 Å². The SMILES string of the molecule is CC.CCC1CCCN1C.CO. The van der Waals surface area contributed by atoms with E-state index in [1.165, 1.54) is 25.8 Å². The Morgan fingerprint density at radius 3 is 2.00 bits per heavy atom. The summed E-state index contributed by atoms with van der Waals surface area (Å²) in [6, 6.07) is 0.898. The fraction of sp³-hybridized carbons (Fsp3) is 1.00. The molecule has 0 saturated carbocycles. The van der Waals surface area contributed by atoms with Crippen LogP contribution in [0.15, 0.2) is 0 Å². The topological polar surface area (TPSA) is 23.5 Å². The number of hydrogen-bond donors (Lipinski definition) is 1. The number of rotatable bonds is 1. The van der Waals surface area contributed by atoms with Crippen LogP contribution in [-0.2, 0) is 0 Å². The average Bonchev–Trinajstić information content (AvgIpc) is 2.58. The van der Waals surface area contributed by atoms with Gasteiger partial charge in [-0.1, -0.05) is 20.8 Å². The highest BCUT2D eigenvalue weighted by Crippen LogP contribution is 2.16. The van der Waals surface area contributed by atoms with Crippen LogP contribution >= 0.6 is 0 Å². The fourth-order valence-electron chi connectivity index (χ4n) is 1.50. The van der Waals surface area contributed by atoms with Gasteiger partial charge in [0.05, 0.1) is 0 Å². The van der Waals surface area contributed by atoms with Gasteiger partial charge in [0.1, 0.15) is 0 Å². The molecule has 0 aliphatic carbocycles. The summed E-state index contributed by atoms with van der Waals surface area (Å²) in [5.41, 5.74) is 0. The van der Waals surface area contributed by atoms with Crippen molar-refractivity contribution in [3.63, 3.8) is 0 Å². The molecule has 0 aromatic carbocycles. The monoisotopic (exact) mass is 175 g/mol. The van der Waals surface area contributed by atoms with Gasteiger partial charge in [-0.3, -0.25) is 0 Å². The summed E-state index contributed by atoms with van der Waals surface area (Å²) in [4.78, 5) is 2.46. The molecule has 0 spiro atoms. The van der Waals surface area contributed by atoms with Crippen molar-refractivity contribution >= 4 is 0 Å². The second-order valence-electron chi connectivity index (χ2n) is 2.68. The van der Waals surface area contributed by atoms with Crippen LogP contribution in [0.25, 0.3) is 0 Å². The molecule has 1 unspecified atom stereocenters. The lowest BCUT2D eigenvalue weighted by Crippen LogP contribution is -2.23. The van der Waals surface area contributed by atoms with Gasteiger partial charge in [0, 0.05) is 13.2 Å². The van der Waals surface area contributed by atoms with Gasteiger partial charge in [0.2, 0.25) is 0 Å². The molecule has 0 bridgehead atoms. The Labute approximate surface area is 77.6 Å². The number of aliphatic hydroxyl groups is 1. The van der Waals surface area contributed by atoms with Crippen LogP contribution in [0.4, 0.5) is 0 Å². The summed E-state index contributed by atoms with van der Waals surface area (Å²) in [7, 11) is 3.22. The highest BCUT2D eigenvalue weighted by Gasteiger charge is 2.17. The third-order valence-electron chi connectivity index (χ3n) is 2.14. The molecule has 1 aliphatic rings. The lowest BCUT2D eigenvalue weighted by Gasteiger charge is -2.16. The van der Waals surface area contributed by atoms with Gasteiger partial charge in [-0.05, 0) is 32.9 Å². The number of hydrogen-bond acceptors (Lipinski definition) is 2. The minimum absolute atomic E-state index is 0.898. The van der Waals surface area contributed by atoms with Gasteiger partial charge in [0.25, 0.3) is 0 Å². The normalized spacial score (nSPS) is 22.0. The largest absolute Gasteiger partial charge is 0.400 e. The summed E-state index contributed by atoms with van der Waals surface area (Å²) in [5.74, 6) is 0. The highest BCUT2D eigenvalue weighted by atomic mass is 16.2. The van der Waals surface area contributed by atoms with Crippen LogP contribution < -0.4 is 0 Å². The molecular weight excluding hydrogens is 150 g/mol. The Bertz CT molecular complexity index is 76.2. The van der Waals surface area contributed by atoms with Crippen molar-refractivity contribution in [2.24, 2.45) is 0 Å². The molecule has 1 saturated heterocycles. The quantitative estimate of drug-likeness (QED) is 0.660. The van der Waals surface area contributed by atoms with E-state index in [2.05, 4.69) is 18.9 Å². The van der Waals surface area contributed by atoms with E-state index in [0.717, 1.165) is 13.2 Å². The Morgan fingerprint density at radius 1 is 1.33 bits per heavy atom. The van der Waals surface area contributed by atoms with Crippen molar-refractivity contribution in [2.75, 3.05) is 20.7 Å². The maximum absolute atomic E-state index is 7.00. The zero-order valence-electron chi connectivity index (χ0n) is 9.30. The van der Waals surface area contributed by atoms with E-state index in [4.69, 9.17) is 5.11 Å². The second kappa shape index (κ2) is 10.9. The number of likely N-dealkylation sites (tertiary alicyclic amines) is 1. The van der Waals surface area contributed by atoms with E-state index < -0.39 is 0 Å². The lowest BCUT2D eigenvalue weighted by atomic mass is 10.2. The molecular formula is C10H25NO. The van der Waals surface area contributed by atoms with E-state index in [1.54, 1.807) is 0 Å². The molecule has 2 nitrogen and oxygen atoms in total. The number of nitrogens with zero attached hydrogens (tertiary/aromatic N) is 1. The van der Waals surface area contributed by atoms with Gasteiger partial charge < -0.3 is 10.0 Å². The van der Waals surface area contributed by atoms with Gasteiger partial charge in [-0.15, -0.1) is 0 Å². The lowest BCUT2D eigenvalue weighted by molar-refractivity contribution is 0.304. The van der Waals surface area contributed by atoms with Crippen molar-refractivity contribution in [3.05, 3.63) is 0 Å². The summed E-state index contributed by atoms with van der Waals surface area (Å²) in [6.45, 7) is 7.59. The summed E-state index contributed by atoms with van der Waals surface area (Å²) < 4.78 is 0. The third kappa shape index (κ3) is 5.56. The first-order valence-corrected chi connectivity index (χ1v) is 4.99. The molecule has 1 rings (SSSR count). The summed E-state index contributed by atoms with van der Waals surface area (Å²) in [6.07, 6.45) is 4.17. The van der Waals surface area contributed by atoms with Crippen molar-refractivity contribution in [3.8, 4) is 0 Å². The smallest absolute Gasteiger partial charge is 0.0319 e. The maximum atomic E-state index is 7.00. The maximum Gasteiger partial charge on any atom is 0.0319 e. The zero-order valence-corrected chi connectivity index (χ0v) is 9.30. The molecule has 1 fully saturated rings. The molecule has 1 atom stereocenters. The van der Waals surface area contributed by atoms with Crippen LogP contribution in [0.3, 0.4) is 0 Å². The third-order valence-corrected chi connectivity index (χ3v) is 2.14. The van der Waals surface area contributed by atoms with Gasteiger partial charge in [-0.25, -0.2) is 0 Å². The molecule has 0 aromatic rings. The second-order valence-corrected chi connectivity index (χ2v) is 2.68. The molecule has 76 valence electrons. The summed E-state index contributed by atoms with van der Waals surface area (Å²) in [5, 5.41) is 7.00. The molecule has 0 aromatic heterocycles. The fourth-order valence-corrected chi connectivity index (χ4v) is 1.50. The Hall–Kier alpha value is -0.0800. The minimum Gasteiger partial charge on any atom is -0.400 e. The van der Waals surface area contributed by atoms with E-state index in [1.807, 2.05) is 13.8 Å². The van der Waals surface area contributed by atoms with Crippen LogP contribution in [-0.4, -0.2) is 36.8 Å². The van der Waals surface area contributed by atoms with E-state index in [9.17, 15) is 0 Å². The first-order chi connectivity index (χ1) is 5.84. The Kier molecular flexibility index (Phi) is 13.1. The molecule has 12 heavy (non-hydrogen) atoms. The van der Waals surface area contributed by atoms with Crippen molar-refractivity contribution < 1.29 is 5.11 Å².